The minimum atomic E-state index is -1.96. The zero-order chi connectivity index (χ0) is 21.9. The predicted octanol–water partition coefficient (Wildman–Crippen LogP) is 4.14. The number of carbonyl (C=O) groups excluding carboxylic acids is 3. The number of aryl methyl sites for hydroxylation is 1. The number of amides is 1. The standard InChI is InChI=1S/C23H24BrNO5/c1-4-29-21(27)23(22(28)30-5-2)17(16-9-7-6-8-10-16)14-20(26)25(23)19-12-11-15(3)13-18(19)24/h6-13,17H,4-5,14H2,1-3H3. The molecule has 1 aliphatic heterocycles. The second kappa shape index (κ2) is 9.00. The third-order valence-electron chi connectivity index (χ3n) is 5.20. The van der Waals surface area contributed by atoms with E-state index in [1.807, 2.05) is 37.3 Å². The van der Waals surface area contributed by atoms with Crippen LogP contribution in [-0.4, -0.2) is 36.6 Å². The molecule has 1 aliphatic rings. The second-order valence-corrected chi connectivity index (χ2v) is 7.91. The van der Waals surface area contributed by atoms with Crippen LogP contribution in [0.15, 0.2) is 53.0 Å². The molecule has 1 heterocycles. The van der Waals surface area contributed by atoms with Gasteiger partial charge in [0.2, 0.25) is 11.4 Å². The van der Waals surface area contributed by atoms with Crippen LogP contribution in [0.25, 0.3) is 0 Å². The average Bonchev–Trinajstić information content (AvgIpc) is 3.03. The molecule has 3 rings (SSSR count). The number of carbonyl (C=O) groups is 3. The average molecular weight is 474 g/mol. The van der Waals surface area contributed by atoms with Crippen LogP contribution in [0.2, 0.25) is 0 Å². The predicted molar refractivity (Wildman–Crippen MR) is 116 cm³/mol. The molecular formula is C23H24BrNO5. The second-order valence-electron chi connectivity index (χ2n) is 7.06. The zero-order valence-corrected chi connectivity index (χ0v) is 18.8. The van der Waals surface area contributed by atoms with E-state index in [9.17, 15) is 14.4 Å². The van der Waals surface area contributed by atoms with Crippen LogP contribution in [0.5, 0.6) is 0 Å². The van der Waals surface area contributed by atoms with Crippen LogP contribution in [0, 0.1) is 6.92 Å². The monoisotopic (exact) mass is 473 g/mol. The van der Waals surface area contributed by atoms with Crippen molar-refractivity contribution in [1.82, 2.24) is 0 Å². The molecule has 0 radical (unpaired) electrons. The first-order chi connectivity index (χ1) is 14.4. The van der Waals surface area contributed by atoms with Crippen molar-refractivity contribution in [2.45, 2.75) is 38.6 Å². The first kappa shape index (κ1) is 22.0. The highest BCUT2D eigenvalue weighted by molar-refractivity contribution is 9.10. The fraction of sp³-hybridized carbons (Fsp3) is 0.348. The molecule has 0 saturated carbocycles. The summed E-state index contributed by atoms with van der Waals surface area (Å²) in [6, 6.07) is 14.4. The molecule has 0 bridgehead atoms. The molecule has 1 fully saturated rings. The first-order valence-corrected chi connectivity index (χ1v) is 10.7. The highest BCUT2D eigenvalue weighted by atomic mass is 79.9. The number of hydrogen-bond donors (Lipinski definition) is 0. The summed E-state index contributed by atoms with van der Waals surface area (Å²) in [6.07, 6.45) is -0.0258. The van der Waals surface area contributed by atoms with E-state index in [1.54, 1.807) is 32.0 Å². The largest absolute Gasteiger partial charge is 0.464 e. The van der Waals surface area contributed by atoms with Crippen molar-refractivity contribution in [3.05, 3.63) is 64.1 Å². The molecule has 1 atom stereocenters. The highest BCUT2D eigenvalue weighted by Gasteiger charge is 2.66. The maximum absolute atomic E-state index is 13.4. The maximum atomic E-state index is 13.4. The third kappa shape index (κ3) is 3.62. The first-order valence-electron chi connectivity index (χ1n) is 9.86. The van der Waals surface area contributed by atoms with Crippen LogP contribution in [-0.2, 0) is 23.9 Å². The summed E-state index contributed by atoms with van der Waals surface area (Å²) < 4.78 is 11.3. The smallest absolute Gasteiger partial charge is 0.344 e. The van der Waals surface area contributed by atoms with Gasteiger partial charge in [-0.2, -0.15) is 0 Å². The Hall–Kier alpha value is -2.67. The summed E-state index contributed by atoms with van der Waals surface area (Å²) in [7, 11) is 0. The summed E-state index contributed by atoms with van der Waals surface area (Å²) in [5.74, 6) is -2.70. The van der Waals surface area contributed by atoms with Gasteiger partial charge in [-0.25, -0.2) is 9.59 Å². The number of halogens is 1. The van der Waals surface area contributed by atoms with Crippen LogP contribution >= 0.6 is 15.9 Å². The molecule has 0 spiro atoms. The lowest BCUT2D eigenvalue weighted by Gasteiger charge is -2.38. The molecule has 7 heteroatoms. The van der Waals surface area contributed by atoms with Gasteiger partial charge < -0.3 is 9.47 Å². The normalized spacial score (nSPS) is 17.7. The summed E-state index contributed by atoms with van der Waals surface area (Å²) in [6.45, 7) is 5.38. The quantitative estimate of drug-likeness (QED) is 0.465. The van der Waals surface area contributed by atoms with Crippen molar-refractivity contribution < 1.29 is 23.9 Å². The van der Waals surface area contributed by atoms with E-state index >= 15 is 0 Å². The van der Waals surface area contributed by atoms with E-state index < -0.39 is 23.4 Å². The molecule has 1 unspecified atom stereocenters. The van der Waals surface area contributed by atoms with E-state index in [0.717, 1.165) is 5.56 Å². The molecule has 2 aromatic rings. The summed E-state index contributed by atoms with van der Waals surface area (Å²) in [5, 5.41) is 0. The van der Waals surface area contributed by atoms with E-state index in [1.165, 1.54) is 4.90 Å². The van der Waals surface area contributed by atoms with Gasteiger partial charge in [0.25, 0.3) is 0 Å². The Balaban J connectivity index is 2.31. The summed E-state index contributed by atoms with van der Waals surface area (Å²) in [4.78, 5) is 41.5. The lowest BCUT2D eigenvalue weighted by Crippen LogP contribution is -2.62. The van der Waals surface area contributed by atoms with Gasteiger partial charge in [-0.1, -0.05) is 36.4 Å². The van der Waals surface area contributed by atoms with Crippen LogP contribution < -0.4 is 4.90 Å². The number of esters is 2. The van der Waals surface area contributed by atoms with Crippen molar-refractivity contribution in [1.29, 1.82) is 0 Å². The minimum absolute atomic E-state index is 0.0258. The molecule has 2 aromatic carbocycles. The fourth-order valence-corrected chi connectivity index (χ4v) is 4.63. The van der Waals surface area contributed by atoms with Gasteiger partial charge in [0.05, 0.1) is 18.9 Å². The van der Waals surface area contributed by atoms with Gasteiger partial charge in [-0.3, -0.25) is 9.69 Å². The van der Waals surface area contributed by atoms with E-state index in [-0.39, 0.29) is 25.5 Å². The highest BCUT2D eigenvalue weighted by Crippen LogP contribution is 2.48. The van der Waals surface area contributed by atoms with Crippen molar-refractivity contribution in [2.75, 3.05) is 18.1 Å². The van der Waals surface area contributed by atoms with Crippen LogP contribution in [0.3, 0.4) is 0 Å². The van der Waals surface area contributed by atoms with E-state index in [0.29, 0.717) is 15.7 Å². The van der Waals surface area contributed by atoms with E-state index in [2.05, 4.69) is 15.9 Å². The molecule has 6 nitrogen and oxygen atoms in total. The number of hydrogen-bond acceptors (Lipinski definition) is 5. The molecule has 158 valence electrons. The molecule has 30 heavy (non-hydrogen) atoms. The Labute approximate surface area is 184 Å². The van der Waals surface area contributed by atoms with Crippen LogP contribution in [0.4, 0.5) is 5.69 Å². The van der Waals surface area contributed by atoms with Crippen LogP contribution in [0.1, 0.15) is 37.3 Å². The molecule has 0 aromatic heterocycles. The van der Waals surface area contributed by atoms with E-state index in [4.69, 9.17) is 9.47 Å². The van der Waals surface area contributed by atoms with Gasteiger partial charge in [0, 0.05) is 16.8 Å². The summed E-state index contributed by atoms with van der Waals surface area (Å²) in [5.41, 5.74) is 0.125. The Morgan fingerprint density at radius 3 is 2.20 bits per heavy atom. The SMILES string of the molecule is CCOC(=O)C1(C(=O)OCC)C(c2ccccc2)CC(=O)N1c1ccc(C)cc1Br. The van der Waals surface area contributed by atoms with Gasteiger partial charge >= 0.3 is 11.9 Å². The molecular weight excluding hydrogens is 450 g/mol. The van der Waals surface area contributed by atoms with Crippen molar-refractivity contribution in [3.8, 4) is 0 Å². The number of rotatable bonds is 6. The fourth-order valence-electron chi connectivity index (χ4n) is 3.96. The summed E-state index contributed by atoms with van der Waals surface area (Å²) >= 11 is 3.49. The van der Waals surface area contributed by atoms with Crippen molar-refractivity contribution in [2.24, 2.45) is 0 Å². The number of anilines is 1. The molecule has 0 N–H and O–H groups in total. The lowest BCUT2D eigenvalue weighted by atomic mass is 9.79. The Bertz CT molecular complexity index is 941. The van der Waals surface area contributed by atoms with Gasteiger partial charge in [-0.05, 0) is 60.0 Å². The van der Waals surface area contributed by atoms with Crippen molar-refractivity contribution >= 4 is 39.5 Å². The maximum Gasteiger partial charge on any atom is 0.344 e. The lowest BCUT2D eigenvalue weighted by molar-refractivity contribution is -0.165. The molecule has 1 amide bonds. The molecule has 1 saturated heterocycles. The Kier molecular flexibility index (Phi) is 6.61. The zero-order valence-electron chi connectivity index (χ0n) is 17.2. The number of ether oxygens (including phenoxy) is 2. The molecule has 0 aliphatic carbocycles. The van der Waals surface area contributed by atoms with Gasteiger partial charge in [-0.15, -0.1) is 0 Å². The Morgan fingerprint density at radius 1 is 1.07 bits per heavy atom. The Morgan fingerprint density at radius 2 is 1.67 bits per heavy atom. The number of benzene rings is 2. The van der Waals surface area contributed by atoms with Gasteiger partial charge in [0.15, 0.2) is 0 Å². The minimum Gasteiger partial charge on any atom is -0.464 e. The number of nitrogens with zero attached hydrogens (tertiary/aromatic N) is 1. The van der Waals surface area contributed by atoms with Gasteiger partial charge in [0.1, 0.15) is 0 Å². The third-order valence-corrected chi connectivity index (χ3v) is 5.84. The van der Waals surface area contributed by atoms with Crippen molar-refractivity contribution in [3.63, 3.8) is 0 Å². The topological polar surface area (TPSA) is 72.9 Å².